The molecule has 1 aliphatic rings. The topological polar surface area (TPSA) is 67.2 Å². The summed E-state index contributed by atoms with van der Waals surface area (Å²) >= 11 is 0. The van der Waals surface area contributed by atoms with Gasteiger partial charge in [-0.05, 0) is 52.5 Å². The number of rotatable bonds is 6. The molecule has 106 valence electrons. The zero-order valence-electron chi connectivity index (χ0n) is 12.2. The number of carboxylic acids is 1. The predicted molar refractivity (Wildman–Crippen MR) is 73.3 cm³/mol. The lowest BCUT2D eigenvalue weighted by Crippen LogP contribution is -2.51. The smallest absolute Gasteiger partial charge is 0.323 e. The van der Waals surface area contributed by atoms with E-state index in [0.29, 0.717) is 19.0 Å². The largest absolute Gasteiger partial charge is 0.480 e. The number of aryl methyl sites for hydroxylation is 2. The van der Waals surface area contributed by atoms with Crippen LogP contribution >= 0.6 is 0 Å². The van der Waals surface area contributed by atoms with Crippen LogP contribution in [0.1, 0.15) is 43.1 Å². The molecule has 1 heterocycles. The van der Waals surface area contributed by atoms with Crippen molar-refractivity contribution in [2.75, 3.05) is 0 Å². The fourth-order valence-corrected chi connectivity index (χ4v) is 2.25. The van der Waals surface area contributed by atoms with E-state index >= 15 is 0 Å². The number of hydrogen-bond acceptors (Lipinski definition) is 3. The quantitative estimate of drug-likeness (QED) is 0.823. The van der Waals surface area contributed by atoms with Crippen molar-refractivity contribution in [3.8, 4) is 0 Å². The molecule has 5 heteroatoms. The summed E-state index contributed by atoms with van der Waals surface area (Å²) < 4.78 is 1.92. The second kappa shape index (κ2) is 4.96. The zero-order chi connectivity index (χ0) is 14.2. The molecule has 19 heavy (non-hydrogen) atoms. The van der Waals surface area contributed by atoms with Crippen LogP contribution in [0.3, 0.4) is 0 Å². The van der Waals surface area contributed by atoms with Gasteiger partial charge in [-0.25, -0.2) is 0 Å². The van der Waals surface area contributed by atoms with E-state index < -0.39 is 11.5 Å². The van der Waals surface area contributed by atoms with Gasteiger partial charge in [0.2, 0.25) is 0 Å². The van der Waals surface area contributed by atoms with Crippen molar-refractivity contribution in [2.45, 2.75) is 65.1 Å². The Bertz CT molecular complexity index is 491. The SMILES string of the molecule is Cc1nn(CCC(C)(NC2CC2)C(=O)O)c(C)c1C. The van der Waals surface area contributed by atoms with Crippen molar-refractivity contribution in [1.82, 2.24) is 15.1 Å². The summed E-state index contributed by atoms with van der Waals surface area (Å²) in [6.45, 7) is 8.46. The van der Waals surface area contributed by atoms with Crippen LogP contribution in [0.15, 0.2) is 0 Å². The van der Waals surface area contributed by atoms with E-state index in [-0.39, 0.29) is 0 Å². The standard InChI is InChI=1S/C14H23N3O2/c1-9-10(2)16-17(11(9)3)8-7-14(4,13(18)19)15-12-5-6-12/h12,15H,5-8H2,1-4H3,(H,18,19). The normalized spacial score (nSPS) is 18.3. The van der Waals surface area contributed by atoms with Gasteiger partial charge in [-0.3, -0.25) is 14.8 Å². The summed E-state index contributed by atoms with van der Waals surface area (Å²) in [5, 5.41) is 17.1. The van der Waals surface area contributed by atoms with E-state index in [4.69, 9.17) is 0 Å². The molecular weight excluding hydrogens is 242 g/mol. The number of aromatic nitrogens is 2. The average molecular weight is 265 g/mol. The van der Waals surface area contributed by atoms with E-state index in [1.54, 1.807) is 6.92 Å². The Kier molecular flexibility index (Phi) is 3.67. The molecule has 0 spiro atoms. The number of carbonyl (C=O) groups is 1. The van der Waals surface area contributed by atoms with Gasteiger partial charge < -0.3 is 5.11 Å². The minimum Gasteiger partial charge on any atom is -0.480 e. The first-order chi connectivity index (χ1) is 8.83. The maximum absolute atomic E-state index is 11.5. The molecule has 1 unspecified atom stereocenters. The average Bonchev–Trinajstić information content (AvgIpc) is 3.11. The van der Waals surface area contributed by atoms with Crippen LogP contribution < -0.4 is 5.32 Å². The van der Waals surface area contributed by atoms with Gasteiger partial charge in [0.15, 0.2) is 0 Å². The van der Waals surface area contributed by atoms with Gasteiger partial charge >= 0.3 is 5.97 Å². The first-order valence-electron chi connectivity index (χ1n) is 6.85. The lowest BCUT2D eigenvalue weighted by atomic mass is 9.97. The fourth-order valence-electron chi connectivity index (χ4n) is 2.25. The first-order valence-corrected chi connectivity index (χ1v) is 6.85. The number of aliphatic carboxylic acids is 1. The minimum absolute atomic E-state index is 0.378. The number of hydrogen-bond donors (Lipinski definition) is 2. The zero-order valence-corrected chi connectivity index (χ0v) is 12.2. The molecule has 2 N–H and O–H groups in total. The van der Waals surface area contributed by atoms with E-state index in [1.165, 1.54) is 5.56 Å². The Morgan fingerprint density at radius 3 is 2.53 bits per heavy atom. The highest BCUT2D eigenvalue weighted by atomic mass is 16.4. The number of nitrogens with one attached hydrogen (secondary N) is 1. The molecule has 1 aromatic rings. The Balaban J connectivity index is 2.05. The van der Waals surface area contributed by atoms with Gasteiger partial charge in [0, 0.05) is 18.3 Å². The van der Waals surface area contributed by atoms with Crippen LogP contribution in [0.5, 0.6) is 0 Å². The van der Waals surface area contributed by atoms with E-state index in [0.717, 1.165) is 24.2 Å². The molecule has 0 bridgehead atoms. The van der Waals surface area contributed by atoms with Gasteiger partial charge in [0.1, 0.15) is 5.54 Å². The van der Waals surface area contributed by atoms with E-state index in [2.05, 4.69) is 10.4 Å². The van der Waals surface area contributed by atoms with Gasteiger partial charge in [-0.2, -0.15) is 5.10 Å². The van der Waals surface area contributed by atoms with Gasteiger partial charge in [-0.15, -0.1) is 0 Å². The van der Waals surface area contributed by atoms with Crippen molar-refractivity contribution in [3.05, 3.63) is 17.0 Å². The van der Waals surface area contributed by atoms with Crippen molar-refractivity contribution in [3.63, 3.8) is 0 Å². The molecule has 0 aromatic carbocycles. The summed E-state index contributed by atoms with van der Waals surface area (Å²) in [7, 11) is 0. The second-order valence-electron chi connectivity index (χ2n) is 5.82. The molecule has 2 rings (SSSR count). The summed E-state index contributed by atoms with van der Waals surface area (Å²) in [4.78, 5) is 11.5. The maximum Gasteiger partial charge on any atom is 0.323 e. The summed E-state index contributed by atoms with van der Waals surface area (Å²) in [5.74, 6) is -0.780. The van der Waals surface area contributed by atoms with Crippen LogP contribution in [-0.2, 0) is 11.3 Å². The molecule has 0 radical (unpaired) electrons. The highest BCUT2D eigenvalue weighted by Gasteiger charge is 2.38. The molecule has 1 fully saturated rings. The Morgan fingerprint density at radius 1 is 1.47 bits per heavy atom. The Morgan fingerprint density at radius 2 is 2.11 bits per heavy atom. The molecular formula is C14H23N3O2. The van der Waals surface area contributed by atoms with Crippen molar-refractivity contribution >= 4 is 5.97 Å². The van der Waals surface area contributed by atoms with Gasteiger partial charge in [-0.1, -0.05) is 0 Å². The third-order valence-corrected chi connectivity index (χ3v) is 4.14. The Hall–Kier alpha value is -1.36. The van der Waals surface area contributed by atoms with Crippen LogP contribution in [-0.4, -0.2) is 32.4 Å². The number of nitrogens with zero attached hydrogens (tertiary/aromatic N) is 2. The summed E-state index contributed by atoms with van der Waals surface area (Å²) in [6.07, 6.45) is 2.71. The highest BCUT2D eigenvalue weighted by molar-refractivity contribution is 5.78. The lowest BCUT2D eigenvalue weighted by Gasteiger charge is -2.26. The summed E-state index contributed by atoms with van der Waals surface area (Å²) in [5.41, 5.74) is 2.47. The molecule has 1 atom stereocenters. The number of carboxylic acid groups (broad SMARTS) is 1. The summed E-state index contributed by atoms with van der Waals surface area (Å²) in [6, 6.07) is 0.378. The van der Waals surface area contributed by atoms with Crippen molar-refractivity contribution < 1.29 is 9.90 Å². The molecule has 1 aliphatic carbocycles. The van der Waals surface area contributed by atoms with Gasteiger partial charge in [0.05, 0.1) is 5.69 Å². The molecule has 0 saturated heterocycles. The first kappa shape index (κ1) is 14.1. The van der Waals surface area contributed by atoms with E-state index in [9.17, 15) is 9.90 Å². The van der Waals surface area contributed by atoms with Crippen molar-refractivity contribution in [2.24, 2.45) is 0 Å². The second-order valence-corrected chi connectivity index (χ2v) is 5.82. The van der Waals surface area contributed by atoms with Crippen molar-refractivity contribution in [1.29, 1.82) is 0 Å². The molecule has 0 aliphatic heterocycles. The Labute approximate surface area is 114 Å². The van der Waals surface area contributed by atoms with Gasteiger partial charge in [0.25, 0.3) is 0 Å². The van der Waals surface area contributed by atoms with Crippen LogP contribution in [0.4, 0.5) is 0 Å². The predicted octanol–water partition coefficient (Wildman–Crippen LogP) is 1.79. The molecule has 1 aromatic heterocycles. The molecule has 5 nitrogen and oxygen atoms in total. The molecule has 0 amide bonds. The van der Waals surface area contributed by atoms with E-state index in [1.807, 2.05) is 25.5 Å². The lowest BCUT2D eigenvalue weighted by molar-refractivity contribution is -0.144. The minimum atomic E-state index is -0.860. The van der Waals surface area contributed by atoms with Crippen LogP contribution in [0.25, 0.3) is 0 Å². The maximum atomic E-state index is 11.5. The monoisotopic (exact) mass is 265 g/mol. The van der Waals surface area contributed by atoms with Crippen LogP contribution in [0.2, 0.25) is 0 Å². The third-order valence-electron chi connectivity index (χ3n) is 4.14. The fraction of sp³-hybridized carbons (Fsp3) is 0.714. The molecule has 1 saturated carbocycles. The van der Waals surface area contributed by atoms with Crippen LogP contribution in [0, 0.1) is 20.8 Å². The third kappa shape index (κ3) is 2.97. The highest BCUT2D eigenvalue weighted by Crippen LogP contribution is 2.25.